The number of rotatable bonds is 4. The van der Waals surface area contributed by atoms with Gasteiger partial charge in [0.25, 0.3) is 0 Å². The van der Waals surface area contributed by atoms with Crippen LogP contribution in [0, 0.1) is 5.92 Å². The van der Waals surface area contributed by atoms with E-state index >= 15 is 0 Å². The van der Waals surface area contributed by atoms with Crippen molar-refractivity contribution < 1.29 is 19.1 Å². The molecule has 0 saturated carbocycles. The van der Waals surface area contributed by atoms with Crippen molar-refractivity contribution >= 4 is 11.8 Å². The van der Waals surface area contributed by atoms with Crippen molar-refractivity contribution in [1.82, 2.24) is 9.80 Å². The van der Waals surface area contributed by atoms with Gasteiger partial charge < -0.3 is 19.3 Å². The molecule has 0 aromatic rings. The predicted molar refractivity (Wildman–Crippen MR) is 68.5 cm³/mol. The Hall–Kier alpha value is -1.14. The van der Waals surface area contributed by atoms with Crippen LogP contribution in [0.5, 0.6) is 0 Å². The van der Waals surface area contributed by atoms with Gasteiger partial charge in [0.05, 0.1) is 24.7 Å². The van der Waals surface area contributed by atoms with E-state index in [0.29, 0.717) is 26.2 Å². The molecule has 0 spiro atoms. The van der Waals surface area contributed by atoms with E-state index in [1.54, 1.807) is 19.1 Å². The van der Waals surface area contributed by atoms with Crippen LogP contribution in [0.1, 0.15) is 13.3 Å². The second kappa shape index (κ2) is 5.88. The third kappa shape index (κ3) is 2.90. The molecule has 2 aliphatic rings. The molecule has 0 radical (unpaired) electrons. The molecule has 6 heteroatoms. The first-order valence-electron chi connectivity index (χ1n) is 6.64. The van der Waals surface area contributed by atoms with E-state index in [4.69, 9.17) is 9.47 Å². The molecule has 2 heterocycles. The summed E-state index contributed by atoms with van der Waals surface area (Å²) in [6.07, 6.45) is 0.909. The largest absolute Gasteiger partial charge is 0.383 e. The Morgan fingerprint density at radius 3 is 2.42 bits per heavy atom. The minimum Gasteiger partial charge on any atom is -0.383 e. The standard InChI is InChI=1S/C13H22N2O4/c1-9(16)14-5-10(6-14)13(17)15-7-12(19-3)4-11(15)8-18-2/h10-12H,4-8H2,1-3H3/t11-,12-/m0/s1. The molecule has 2 saturated heterocycles. The lowest BCUT2D eigenvalue weighted by molar-refractivity contribution is -0.148. The van der Waals surface area contributed by atoms with Gasteiger partial charge in [-0.3, -0.25) is 9.59 Å². The highest BCUT2D eigenvalue weighted by atomic mass is 16.5. The van der Waals surface area contributed by atoms with E-state index in [9.17, 15) is 9.59 Å². The molecular weight excluding hydrogens is 248 g/mol. The van der Waals surface area contributed by atoms with Crippen LogP contribution in [-0.2, 0) is 19.1 Å². The van der Waals surface area contributed by atoms with E-state index < -0.39 is 0 Å². The van der Waals surface area contributed by atoms with Crippen LogP contribution in [-0.4, -0.2) is 74.2 Å². The molecule has 2 rings (SSSR count). The molecule has 0 aromatic carbocycles. The molecule has 108 valence electrons. The van der Waals surface area contributed by atoms with E-state index in [2.05, 4.69) is 0 Å². The number of methoxy groups -OCH3 is 2. The molecule has 0 aliphatic carbocycles. The summed E-state index contributed by atoms with van der Waals surface area (Å²) in [6.45, 7) is 3.78. The molecule has 0 bridgehead atoms. The Morgan fingerprint density at radius 1 is 1.21 bits per heavy atom. The molecule has 2 atom stereocenters. The molecule has 2 aliphatic heterocycles. The molecule has 0 unspecified atom stereocenters. The van der Waals surface area contributed by atoms with E-state index in [1.165, 1.54) is 6.92 Å². The van der Waals surface area contributed by atoms with Gasteiger partial charge in [-0.25, -0.2) is 0 Å². The minimum atomic E-state index is -0.0566. The van der Waals surface area contributed by atoms with Crippen molar-refractivity contribution in [1.29, 1.82) is 0 Å². The Labute approximate surface area is 113 Å². The highest BCUT2D eigenvalue weighted by Gasteiger charge is 2.42. The van der Waals surface area contributed by atoms with Crippen LogP contribution in [0.15, 0.2) is 0 Å². The highest BCUT2D eigenvalue weighted by molar-refractivity contribution is 5.84. The molecule has 19 heavy (non-hydrogen) atoms. The smallest absolute Gasteiger partial charge is 0.229 e. The zero-order valence-corrected chi connectivity index (χ0v) is 11.8. The van der Waals surface area contributed by atoms with Crippen molar-refractivity contribution in [3.8, 4) is 0 Å². The average Bonchev–Trinajstić information content (AvgIpc) is 2.70. The Balaban J connectivity index is 1.92. The second-order valence-electron chi connectivity index (χ2n) is 5.31. The van der Waals surface area contributed by atoms with Crippen LogP contribution < -0.4 is 0 Å². The van der Waals surface area contributed by atoms with E-state index in [1.807, 2.05) is 4.90 Å². The molecule has 2 fully saturated rings. The zero-order valence-electron chi connectivity index (χ0n) is 11.8. The normalized spacial score (nSPS) is 27.5. The number of hydrogen-bond donors (Lipinski definition) is 0. The molecular formula is C13H22N2O4. The molecule has 6 nitrogen and oxygen atoms in total. The van der Waals surface area contributed by atoms with Gasteiger partial charge in [-0.05, 0) is 6.42 Å². The maximum atomic E-state index is 12.4. The van der Waals surface area contributed by atoms with Gasteiger partial charge in [0.15, 0.2) is 0 Å². The van der Waals surface area contributed by atoms with Gasteiger partial charge in [0.1, 0.15) is 0 Å². The summed E-state index contributed by atoms with van der Waals surface area (Å²) in [6, 6.07) is 0.0915. The molecule has 2 amide bonds. The fourth-order valence-electron chi connectivity index (χ4n) is 2.79. The van der Waals surface area contributed by atoms with Gasteiger partial charge in [0.2, 0.25) is 11.8 Å². The first-order valence-corrected chi connectivity index (χ1v) is 6.64. The van der Waals surface area contributed by atoms with Crippen LogP contribution in [0.25, 0.3) is 0 Å². The number of amides is 2. The van der Waals surface area contributed by atoms with E-state index in [-0.39, 0.29) is 29.9 Å². The molecule has 0 aromatic heterocycles. The summed E-state index contributed by atoms with van der Waals surface area (Å²) < 4.78 is 10.5. The lowest BCUT2D eigenvalue weighted by atomic mass is 9.98. The van der Waals surface area contributed by atoms with Crippen molar-refractivity contribution in [3.05, 3.63) is 0 Å². The fraction of sp³-hybridized carbons (Fsp3) is 0.846. The van der Waals surface area contributed by atoms with Crippen LogP contribution >= 0.6 is 0 Å². The van der Waals surface area contributed by atoms with Gasteiger partial charge in [-0.1, -0.05) is 0 Å². The number of carbonyl (C=O) groups excluding carboxylic acids is 2. The van der Waals surface area contributed by atoms with Crippen molar-refractivity contribution in [2.75, 3.05) is 40.5 Å². The first-order chi connectivity index (χ1) is 9.06. The topological polar surface area (TPSA) is 59.1 Å². The lowest BCUT2D eigenvalue weighted by Gasteiger charge is -2.40. The van der Waals surface area contributed by atoms with Crippen LogP contribution in [0.3, 0.4) is 0 Å². The summed E-state index contributed by atoms with van der Waals surface area (Å²) >= 11 is 0. The quantitative estimate of drug-likeness (QED) is 0.705. The Morgan fingerprint density at radius 2 is 1.89 bits per heavy atom. The number of ether oxygens (including phenoxy) is 2. The van der Waals surface area contributed by atoms with Crippen LogP contribution in [0.4, 0.5) is 0 Å². The zero-order chi connectivity index (χ0) is 14.0. The van der Waals surface area contributed by atoms with Gasteiger partial charge >= 0.3 is 0 Å². The van der Waals surface area contributed by atoms with Gasteiger partial charge in [-0.15, -0.1) is 0 Å². The van der Waals surface area contributed by atoms with Crippen molar-refractivity contribution in [2.45, 2.75) is 25.5 Å². The Kier molecular flexibility index (Phi) is 4.42. The highest BCUT2D eigenvalue weighted by Crippen LogP contribution is 2.26. The lowest BCUT2D eigenvalue weighted by Crippen LogP contribution is -2.57. The number of nitrogens with zero attached hydrogens (tertiary/aromatic N) is 2. The van der Waals surface area contributed by atoms with Gasteiger partial charge in [0, 0.05) is 40.8 Å². The maximum absolute atomic E-state index is 12.4. The second-order valence-corrected chi connectivity index (χ2v) is 5.31. The summed E-state index contributed by atoms with van der Waals surface area (Å²) in [4.78, 5) is 27.1. The summed E-state index contributed by atoms with van der Waals surface area (Å²) in [7, 11) is 3.31. The number of hydrogen-bond acceptors (Lipinski definition) is 4. The summed E-state index contributed by atoms with van der Waals surface area (Å²) in [5.74, 6) is 0.103. The number of likely N-dealkylation sites (tertiary alicyclic amines) is 2. The SMILES string of the molecule is COC[C@@H]1C[C@H](OC)CN1C(=O)C1CN(C(C)=O)C1. The predicted octanol–water partition coefficient (Wildman–Crippen LogP) is -0.273. The van der Waals surface area contributed by atoms with Gasteiger partial charge in [-0.2, -0.15) is 0 Å². The third-order valence-electron chi connectivity index (χ3n) is 4.03. The first kappa shape index (κ1) is 14.3. The fourth-order valence-corrected chi connectivity index (χ4v) is 2.79. The molecule has 0 N–H and O–H groups in total. The van der Waals surface area contributed by atoms with Crippen LogP contribution in [0.2, 0.25) is 0 Å². The maximum Gasteiger partial charge on any atom is 0.229 e. The average molecular weight is 270 g/mol. The third-order valence-corrected chi connectivity index (χ3v) is 4.03. The minimum absolute atomic E-state index is 0.0358. The summed E-state index contributed by atoms with van der Waals surface area (Å²) in [5, 5.41) is 0. The van der Waals surface area contributed by atoms with E-state index in [0.717, 1.165) is 6.42 Å². The monoisotopic (exact) mass is 270 g/mol. The van der Waals surface area contributed by atoms with Crippen molar-refractivity contribution in [2.24, 2.45) is 5.92 Å². The van der Waals surface area contributed by atoms with Crippen molar-refractivity contribution in [3.63, 3.8) is 0 Å². The Bertz CT molecular complexity index is 355. The number of carbonyl (C=O) groups is 2. The summed E-state index contributed by atoms with van der Waals surface area (Å²) in [5.41, 5.74) is 0.